The van der Waals surface area contributed by atoms with Crippen LogP contribution in [0.25, 0.3) is 0 Å². The predicted octanol–water partition coefficient (Wildman–Crippen LogP) is 1.07. The molecule has 1 fully saturated rings. The van der Waals surface area contributed by atoms with Crippen LogP contribution in [0.1, 0.15) is 11.9 Å². The van der Waals surface area contributed by atoms with Crippen molar-refractivity contribution >= 4 is 18.9 Å². The first-order chi connectivity index (χ1) is 9.41. The van der Waals surface area contributed by atoms with Gasteiger partial charge in [-0.15, -0.1) is 0 Å². The normalized spacial score (nSPS) is 28.8. The van der Waals surface area contributed by atoms with E-state index in [-0.39, 0.29) is 6.61 Å². The maximum Gasteiger partial charge on any atom is 0.350 e. The molecule has 112 valence electrons. The molecule has 0 spiro atoms. The molecule has 1 aliphatic heterocycles. The van der Waals surface area contributed by atoms with E-state index in [0.717, 1.165) is 4.57 Å². The van der Waals surface area contributed by atoms with Gasteiger partial charge in [-0.2, -0.15) is 13.8 Å². The summed E-state index contributed by atoms with van der Waals surface area (Å²) in [5.74, 6) is -3.39. The highest BCUT2D eigenvalue weighted by atomic mass is 31.0. The van der Waals surface area contributed by atoms with E-state index >= 15 is 0 Å². The lowest BCUT2D eigenvalue weighted by molar-refractivity contribution is -0.134. The zero-order valence-electron chi connectivity index (χ0n) is 10.5. The lowest BCUT2D eigenvalue weighted by Gasteiger charge is -2.22. The molecule has 1 aromatic rings. The van der Waals surface area contributed by atoms with E-state index in [0.29, 0.717) is 5.69 Å². The fourth-order valence-electron chi connectivity index (χ4n) is 2.04. The zero-order valence-corrected chi connectivity index (χ0v) is 12.8. The number of nitrogens with zero attached hydrogens (tertiary/aromatic N) is 2. The Labute approximate surface area is 118 Å². The lowest BCUT2D eigenvalue weighted by Crippen LogP contribution is -2.42. The molecule has 0 N–H and O–H groups in total. The third-order valence-electron chi connectivity index (χ3n) is 2.98. The Hall–Kier alpha value is -0.520. The van der Waals surface area contributed by atoms with Gasteiger partial charge in [0.15, 0.2) is 6.10 Å². The zero-order chi connectivity index (χ0) is 14.9. The van der Waals surface area contributed by atoms with Gasteiger partial charge in [0.2, 0.25) is 6.23 Å². The Morgan fingerprint density at radius 2 is 2.25 bits per heavy atom. The molecule has 2 heterocycles. The number of halogens is 2. The van der Waals surface area contributed by atoms with E-state index in [1.165, 1.54) is 12.3 Å². The van der Waals surface area contributed by atoms with Crippen molar-refractivity contribution in [1.29, 1.82) is 0 Å². The van der Waals surface area contributed by atoms with E-state index in [1.807, 2.05) is 9.47 Å². The van der Waals surface area contributed by atoms with Gasteiger partial charge in [-0.25, -0.2) is 4.79 Å². The van der Waals surface area contributed by atoms with Crippen LogP contribution < -0.4 is 5.69 Å². The van der Waals surface area contributed by atoms with Gasteiger partial charge in [0.25, 0.3) is 0 Å². The molecule has 0 bridgehead atoms. The minimum absolute atomic E-state index is 0.107. The van der Waals surface area contributed by atoms with Gasteiger partial charge in [0.1, 0.15) is 6.10 Å². The third-order valence-corrected chi connectivity index (χ3v) is 3.46. The second-order valence-electron chi connectivity index (χ2n) is 4.35. The monoisotopic (exact) mass is 326 g/mol. The van der Waals surface area contributed by atoms with E-state index in [9.17, 15) is 13.6 Å². The SMILES string of the molecule is Cc1ccn(C2OC(COP)C(OP)C2(F)F)c(=O)n1. The Bertz CT molecular complexity index is 542. The second kappa shape index (κ2) is 6.08. The summed E-state index contributed by atoms with van der Waals surface area (Å²) in [5.41, 5.74) is -0.360. The van der Waals surface area contributed by atoms with E-state index in [4.69, 9.17) is 13.8 Å². The van der Waals surface area contributed by atoms with Gasteiger partial charge < -0.3 is 13.8 Å². The van der Waals surface area contributed by atoms with Crippen LogP contribution in [0.5, 0.6) is 0 Å². The van der Waals surface area contributed by atoms with Crippen molar-refractivity contribution in [3.05, 3.63) is 28.4 Å². The molecule has 5 unspecified atom stereocenters. The highest BCUT2D eigenvalue weighted by Crippen LogP contribution is 2.44. The molecule has 6 nitrogen and oxygen atoms in total. The first-order valence-electron chi connectivity index (χ1n) is 5.68. The number of rotatable bonds is 4. The number of aryl methyl sites for hydroxylation is 1. The fraction of sp³-hybridized carbons (Fsp3) is 0.600. The number of hydrogen-bond acceptors (Lipinski definition) is 5. The fourth-order valence-corrected chi connectivity index (χ4v) is 2.59. The average Bonchev–Trinajstić information content (AvgIpc) is 2.61. The van der Waals surface area contributed by atoms with Crippen LogP contribution in [0, 0.1) is 6.92 Å². The molecule has 0 aromatic carbocycles. The van der Waals surface area contributed by atoms with Gasteiger partial charge in [-0.3, -0.25) is 4.57 Å². The quantitative estimate of drug-likeness (QED) is 0.775. The summed E-state index contributed by atoms with van der Waals surface area (Å²) < 4.78 is 44.1. The van der Waals surface area contributed by atoms with Gasteiger partial charge >= 0.3 is 11.6 Å². The minimum Gasteiger partial charge on any atom is -0.363 e. The third kappa shape index (κ3) is 2.76. The average molecular weight is 326 g/mol. The summed E-state index contributed by atoms with van der Waals surface area (Å²) >= 11 is 0. The summed E-state index contributed by atoms with van der Waals surface area (Å²) in [6, 6.07) is 1.46. The summed E-state index contributed by atoms with van der Waals surface area (Å²) in [5, 5.41) is 0. The molecule has 0 saturated carbocycles. The molecular weight excluding hydrogens is 312 g/mol. The highest BCUT2D eigenvalue weighted by Gasteiger charge is 2.60. The Balaban J connectivity index is 2.38. The molecule has 0 radical (unpaired) electrons. The van der Waals surface area contributed by atoms with E-state index in [1.54, 1.807) is 16.4 Å². The molecular formula is C10H14F2N2O4P2. The number of alkyl halides is 2. The number of ether oxygens (including phenoxy) is 1. The standard InChI is InChI=1S/C10H14F2N2O4P2/c1-5-2-3-14(9(15)13-5)8-10(11,12)7(18-20)6(17-8)4-16-19/h2-3,6-8H,4,19-20H2,1H3. The summed E-state index contributed by atoms with van der Waals surface area (Å²) in [6.07, 6.45) is -3.09. The van der Waals surface area contributed by atoms with Gasteiger partial charge in [0, 0.05) is 30.8 Å². The molecule has 0 amide bonds. The molecule has 1 aromatic heterocycles. The molecule has 0 aliphatic carbocycles. The minimum atomic E-state index is -3.39. The highest BCUT2D eigenvalue weighted by molar-refractivity contribution is 7.10. The Kier molecular flexibility index (Phi) is 4.82. The van der Waals surface area contributed by atoms with Gasteiger partial charge in [-0.1, -0.05) is 0 Å². The molecule has 5 atom stereocenters. The van der Waals surface area contributed by atoms with E-state index < -0.39 is 30.0 Å². The van der Waals surface area contributed by atoms with Crippen LogP contribution in [0.4, 0.5) is 8.78 Å². The Morgan fingerprint density at radius 3 is 2.80 bits per heavy atom. The molecule has 20 heavy (non-hydrogen) atoms. The van der Waals surface area contributed by atoms with Crippen molar-refractivity contribution in [2.75, 3.05) is 6.61 Å². The van der Waals surface area contributed by atoms with Crippen molar-refractivity contribution in [2.45, 2.75) is 31.3 Å². The van der Waals surface area contributed by atoms with Crippen molar-refractivity contribution in [2.24, 2.45) is 0 Å². The van der Waals surface area contributed by atoms with Crippen LogP contribution in [0.3, 0.4) is 0 Å². The smallest absolute Gasteiger partial charge is 0.350 e. The molecule has 1 aliphatic rings. The van der Waals surface area contributed by atoms with Crippen molar-refractivity contribution in [3.63, 3.8) is 0 Å². The van der Waals surface area contributed by atoms with Crippen molar-refractivity contribution in [3.8, 4) is 0 Å². The first kappa shape index (κ1) is 15.9. The topological polar surface area (TPSA) is 62.6 Å². The largest absolute Gasteiger partial charge is 0.363 e. The summed E-state index contributed by atoms with van der Waals surface area (Å²) in [6.45, 7) is 1.49. The molecule has 1 saturated heterocycles. The van der Waals surface area contributed by atoms with Crippen molar-refractivity contribution in [1.82, 2.24) is 9.55 Å². The second-order valence-corrected chi connectivity index (χ2v) is 4.96. The summed E-state index contributed by atoms with van der Waals surface area (Å²) in [7, 11) is 3.74. The Morgan fingerprint density at radius 1 is 1.55 bits per heavy atom. The summed E-state index contributed by atoms with van der Waals surface area (Å²) in [4.78, 5) is 15.3. The van der Waals surface area contributed by atoms with Gasteiger partial charge in [0.05, 0.1) is 6.61 Å². The predicted molar refractivity (Wildman–Crippen MR) is 72.3 cm³/mol. The first-order valence-corrected chi connectivity index (χ1v) is 6.62. The lowest BCUT2D eigenvalue weighted by atomic mass is 10.1. The van der Waals surface area contributed by atoms with Crippen molar-refractivity contribution < 1.29 is 22.6 Å². The maximum absolute atomic E-state index is 14.3. The molecule has 10 heteroatoms. The van der Waals surface area contributed by atoms with Crippen LogP contribution in [-0.4, -0.2) is 34.3 Å². The van der Waals surface area contributed by atoms with E-state index in [2.05, 4.69) is 4.98 Å². The maximum atomic E-state index is 14.3. The van der Waals surface area contributed by atoms with Crippen LogP contribution in [-0.2, 0) is 13.8 Å². The van der Waals surface area contributed by atoms with Crippen LogP contribution in [0.2, 0.25) is 0 Å². The van der Waals surface area contributed by atoms with Crippen LogP contribution in [0.15, 0.2) is 17.1 Å². The number of hydrogen-bond donors (Lipinski definition) is 0. The van der Waals surface area contributed by atoms with Crippen LogP contribution >= 0.6 is 18.9 Å². The van der Waals surface area contributed by atoms with Gasteiger partial charge in [-0.05, 0) is 13.0 Å². The molecule has 2 rings (SSSR count). The number of aromatic nitrogens is 2.